The van der Waals surface area contributed by atoms with E-state index < -0.39 is 7.44 Å². The maximum absolute atomic E-state index is 14.7. The SMILES string of the molecule is CCN(CC)P(=O)(C1=CP2CC1(C)C(C)=C2c1ccccc1)N(CC)CC. The molecular formula is C22H34N2OP2. The van der Waals surface area contributed by atoms with Crippen LogP contribution < -0.4 is 0 Å². The highest BCUT2D eigenvalue weighted by Crippen LogP contribution is 2.80. The molecule has 2 aliphatic rings. The third-order valence-corrected chi connectivity index (χ3v) is 13.2. The first kappa shape index (κ1) is 21.0. The van der Waals surface area contributed by atoms with Crippen LogP contribution in [0.15, 0.2) is 47.0 Å². The minimum Gasteiger partial charge on any atom is -0.284 e. The molecule has 27 heavy (non-hydrogen) atoms. The Morgan fingerprint density at radius 2 is 1.52 bits per heavy atom. The van der Waals surface area contributed by atoms with Gasteiger partial charge in [-0.2, -0.15) is 0 Å². The second kappa shape index (κ2) is 7.96. The second-order valence-corrected chi connectivity index (χ2v) is 12.3. The van der Waals surface area contributed by atoms with Crippen molar-refractivity contribution in [1.82, 2.24) is 9.34 Å². The summed E-state index contributed by atoms with van der Waals surface area (Å²) in [5.41, 5.74) is 2.72. The molecule has 0 saturated carbocycles. The van der Waals surface area contributed by atoms with Gasteiger partial charge in [-0.05, 0) is 37.7 Å². The summed E-state index contributed by atoms with van der Waals surface area (Å²) < 4.78 is 19.1. The van der Waals surface area contributed by atoms with E-state index in [-0.39, 0.29) is 13.3 Å². The van der Waals surface area contributed by atoms with Crippen LogP contribution in [0, 0.1) is 5.41 Å². The Balaban J connectivity index is 2.11. The highest BCUT2D eigenvalue weighted by atomic mass is 31.2. The van der Waals surface area contributed by atoms with Crippen LogP contribution in [0.25, 0.3) is 5.31 Å². The van der Waals surface area contributed by atoms with Gasteiger partial charge in [-0.1, -0.05) is 70.5 Å². The zero-order valence-electron chi connectivity index (χ0n) is 17.7. The van der Waals surface area contributed by atoms with E-state index in [0.717, 1.165) is 32.3 Å². The topological polar surface area (TPSA) is 23.6 Å². The minimum atomic E-state index is -2.74. The van der Waals surface area contributed by atoms with Crippen molar-refractivity contribution < 1.29 is 4.57 Å². The van der Waals surface area contributed by atoms with Gasteiger partial charge >= 0.3 is 0 Å². The van der Waals surface area contributed by atoms with Crippen LogP contribution in [0.1, 0.15) is 47.1 Å². The second-order valence-electron chi connectivity index (χ2n) is 7.64. The van der Waals surface area contributed by atoms with E-state index >= 15 is 0 Å². The molecule has 1 aromatic rings. The van der Waals surface area contributed by atoms with Crippen LogP contribution in [0.3, 0.4) is 0 Å². The Hall–Kier alpha value is -0.720. The zero-order chi connectivity index (χ0) is 19.8. The van der Waals surface area contributed by atoms with Crippen LogP contribution in [-0.4, -0.2) is 41.7 Å². The summed E-state index contributed by atoms with van der Waals surface area (Å²) in [6.45, 7) is 16.5. The molecule has 0 radical (unpaired) electrons. The van der Waals surface area contributed by atoms with E-state index in [9.17, 15) is 4.57 Å². The lowest BCUT2D eigenvalue weighted by Crippen LogP contribution is -2.36. The monoisotopic (exact) mass is 404 g/mol. The molecule has 0 aromatic heterocycles. The average molecular weight is 404 g/mol. The Labute approximate surface area is 166 Å². The van der Waals surface area contributed by atoms with E-state index in [0.29, 0.717) is 0 Å². The van der Waals surface area contributed by atoms with Crippen molar-refractivity contribution in [3.8, 4) is 0 Å². The summed E-state index contributed by atoms with van der Waals surface area (Å²) in [5, 5.41) is 2.73. The fraction of sp³-hybridized carbons (Fsp3) is 0.545. The highest BCUT2D eigenvalue weighted by Gasteiger charge is 2.55. The number of hydrogen-bond donors (Lipinski definition) is 0. The normalized spacial score (nSPS) is 25.0. The van der Waals surface area contributed by atoms with Crippen molar-refractivity contribution in [3.05, 3.63) is 52.6 Å². The molecule has 2 heterocycles. The third kappa shape index (κ3) is 3.12. The number of rotatable bonds is 8. The van der Waals surface area contributed by atoms with Crippen molar-refractivity contribution in [3.63, 3.8) is 0 Å². The van der Waals surface area contributed by atoms with Gasteiger partial charge in [0.25, 0.3) is 0 Å². The molecule has 2 aliphatic heterocycles. The number of nitrogens with zero attached hydrogens (tertiary/aromatic N) is 2. The Bertz CT molecular complexity index is 778. The fourth-order valence-corrected chi connectivity index (χ4v) is 12.5. The first-order valence-corrected chi connectivity index (χ1v) is 13.5. The zero-order valence-corrected chi connectivity index (χ0v) is 19.5. The third-order valence-electron chi connectivity index (χ3n) is 6.39. The van der Waals surface area contributed by atoms with Gasteiger partial charge in [0.05, 0.1) is 0 Å². The largest absolute Gasteiger partial charge is 0.284 e. The maximum atomic E-state index is 14.7. The summed E-state index contributed by atoms with van der Waals surface area (Å²) in [6, 6.07) is 10.8. The number of benzene rings is 1. The molecule has 2 atom stereocenters. The van der Waals surface area contributed by atoms with Crippen molar-refractivity contribution in [2.45, 2.75) is 41.5 Å². The Kier molecular flexibility index (Phi) is 6.19. The molecule has 2 bridgehead atoms. The van der Waals surface area contributed by atoms with Gasteiger partial charge in [0.1, 0.15) is 0 Å². The maximum Gasteiger partial charge on any atom is 0.242 e. The molecule has 0 fully saturated rings. The van der Waals surface area contributed by atoms with Crippen molar-refractivity contribution >= 4 is 20.7 Å². The van der Waals surface area contributed by atoms with E-state index in [1.807, 2.05) is 0 Å². The van der Waals surface area contributed by atoms with Gasteiger partial charge in [-0.25, -0.2) is 9.34 Å². The van der Waals surface area contributed by atoms with Gasteiger partial charge in [-0.15, -0.1) is 0 Å². The molecule has 148 valence electrons. The molecule has 5 heteroatoms. The molecule has 3 nitrogen and oxygen atoms in total. The van der Waals surface area contributed by atoms with Crippen molar-refractivity contribution in [1.29, 1.82) is 0 Å². The van der Waals surface area contributed by atoms with Gasteiger partial charge in [0.15, 0.2) is 0 Å². The predicted molar refractivity (Wildman–Crippen MR) is 120 cm³/mol. The van der Waals surface area contributed by atoms with E-state index in [2.05, 4.69) is 87.0 Å². The van der Waals surface area contributed by atoms with Gasteiger partial charge in [0.2, 0.25) is 7.44 Å². The number of hydrogen-bond acceptors (Lipinski definition) is 1. The lowest BCUT2D eigenvalue weighted by atomic mass is 9.84. The molecule has 0 amide bonds. The van der Waals surface area contributed by atoms with E-state index in [1.54, 1.807) is 0 Å². The van der Waals surface area contributed by atoms with E-state index in [4.69, 9.17) is 0 Å². The lowest BCUT2D eigenvalue weighted by Gasteiger charge is -2.43. The van der Waals surface area contributed by atoms with Gasteiger partial charge < -0.3 is 0 Å². The molecule has 1 aromatic carbocycles. The number of allylic oxidation sites excluding steroid dienone is 2. The van der Waals surface area contributed by atoms with Crippen LogP contribution in [0.5, 0.6) is 0 Å². The van der Waals surface area contributed by atoms with Crippen LogP contribution in [-0.2, 0) is 4.57 Å². The summed E-state index contributed by atoms with van der Waals surface area (Å²) in [6.07, 6.45) is 1.13. The predicted octanol–water partition coefficient (Wildman–Crippen LogP) is 6.65. The van der Waals surface area contributed by atoms with Crippen molar-refractivity contribution in [2.75, 3.05) is 32.3 Å². The first-order chi connectivity index (χ1) is 12.9. The standard InChI is InChI=1S/C22H34N2OP2/c1-7-23(8-2)27(25,24(9-3)10-4)20-16-26-17-22(20,6)18(5)21(26)19-14-12-11-13-15-19/h11-16H,7-10,17H2,1-6H3. The average Bonchev–Trinajstić information content (AvgIpc) is 3.15. The summed E-state index contributed by atoms with van der Waals surface area (Å²) in [4.78, 5) is 0. The van der Waals surface area contributed by atoms with Gasteiger partial charge in [-0.3, -0.25) is 4.57 Å². The fourth-order valence-electron chi connectivity index (χ4n) is 4.76. The van der Waals surface area contributed by atoms with E-state index in [1.165, 1.54) is 21.8 Å². The highest BCUT2D eigenvalue weighted by molar-refractivity contribution is 7.74. The summed E-state index contributed by atoms with van der Waals surface area (Å²) in [7, 11) is -3.12. The lowest BCUT2D eigenvalue weighted by molar-refractivity contribution is 0.358. The molecule has 0 spiro atoms. The summed E-state index contributed by atoms with van der Waals surface area (Å²) in [5.74, 6) is 2.43. The molecule has 3 rings (SSSR count). The molecule has 0 saturated heterocycles. The van der Waals surface area contributed by atoms with Crippen molar-refractivity contribution in [2.24, 2.45) is 5.41 Å². The van der Waals surface area contributed by atoms with Gasteiger partial charge in [0, 0.05) is 36.9 Å². The Morgan fingerprint density at radius 3 is 1.96 bits per heavy atom. The quantitative estimate of drug-likeness (QED) is 0.453. The molecular weight excluding hydrogens is 370 g/mol. The van der Waals surface area contributed by atoms with Crippen LogP contribution in [0.2, 0.25) is 0 Å². The minimum absolute atomic E-state index is 0.0718. The summed E-state index contributed by atoms with van der Waals surface area (Å²) >= 11 is 0. The molecule has 2 unspecified atom stereocenters. The molecule has 0 N–H and O–H groups in total. The molecule has 0 aliphatic carbocycles. The number of fused-ring (bicyclic) bond motifs is 2. The smallest absolute Gasteiger partial charge is 0.242 e. The van der Waals surface area contributed by atoms with Crippen LogP contribution >= 0.6 is 15.4 Å². The Morgan fingerprint density at radius 1 is 1.00 bits per heavy atom. The first-order valence-electron chi connectivity index (χ1n) is 10.3. The van der Waals surface area contributed by atoms with Crippen LogP contribution in [0.4, 0.5) is 0 Å².